The van der Waals surface area contributed by atoms with E-state index in [1.807, 2.05) is 0 Å². The molecule has 4 nitrogen and oxygen atoms in total. The number of rotatable bonds is 2. The lowest BCUT2D eigenvalue weighted by Crippen LogP contribution is -2.09. The van der Waals surface area contributed by atoms with Crippen LogP contribution in [0.4, 0.5) is 5.69 Å². The number of benzene rings is 1. The number of phenolic OH excluding ortho intramolecular Hbond substituents is 1. The van der Waals surface area contributed by atoms with Gasteiger partial charge in [0, 0.05) is 11.8 Å². The Kier molecular flexibility index (Phi) is 2.40. The molecule has 12 heavy (non-hydrogen) atoms. The average Bonchev–Trinajstić information content (AvgIpc) is 1.96. The summed E-state index contributed by atoms with van der Waals surface area (Å²) in [5.74, 6) is 0.148. The maximum atomic E-state index is 9.19. The minimum absolute atomic E-state index is 0.0369. The highest BCUT2D eigenvalue weighted by Crippen LogP contribution is 2.28. The molecule has 4 N–H and O–H groups in total. The number of aliphatic hydroxyl groups excluding tert-OH is 1. The predicted octanol–water partition coefficient (Wildman–Crippen LogP) is 0.692. The van der Waals surface area contributed by atoms with Crippen LogP contribution < -0.4 is 10.5 Å². The van der Waals surface area contributed by atoms with E-state index in [0.717, 1.165) is 0 Å². The maximum absolute atomic E-state index is 9.19. The van der Waals surface area contributed by atoms with Crippen molar-refractivity contribution in [2.75, 3.05) is 5.73 Å². The van der Waals surface area contributed by atoms with Crippen LogP contribution in [-0.2, 0) is 0 Å². The minimum Gasteiger partial charge on any atom is -0.504 e. The van der Waals surface area contributed by atoms with Crippen LogP contribution in [0.25, 0.3) is 0 Å². The molecule has 0 aliphatic rings. The first-order valence-electron chi connectivity index (χ1n) is 3.53. The zero-order valence-electron chi connectivity index (χ0n) is 6.69. The van der Waals surface area contributed by atoms with Gasteiger partial charge in [-0.15, -0.1) is 0 Å². The Morgan fingerprint density at radius 2 is 2.17 bits per heavy atom. The number of aliphatic hydroxyl groups is 1. The van der Waals surface area contributed by atoms with Crippen molar-refractivity contribution in [3.63, 3.8) is 0 Å². The molecular formula is C8H11NO3. The van der Waals surface area contributed by atoms with Crippen LogP contribution in [0.15, 0.2) is 18.2 Å². The highest BCUT2D eigenvalue weighted by molar-refractivity contribution is 5.51. The monoisotopic (exact) mass is 169 g/mol. The van der Waals surface area contributed by atoms with E-state index in [1.165, 1.54) is 19.1 Å². The molecule has 1 rings (SSSR count). The third-order valence-corrected chi connectivity index (χ3v) is 1.28. The van der Waals surface area contributed by atoms with Crippen LogP contribution >= 0.6 is 0 Å². The van der Waals surface area contributed by atoms with E-state index in [4.69, 9.17) is 15.6 Å². The summed E-state index contributed by atoms with van der Waals surface area (Å²) in [6, 6.07) is 4.40. The summed E-state index contributed by atoms with van der Waals surface area (Å²) >= 11 is 0. The zero-order valence-corrected chi connectivity index (χ0v) is 6.69. The number of nitrogens with two attached hydrogens (primary N) is 1. The standard InChI is InChI=1S/C8H11NO3/c1-5(10)12-8-4-6(9)2-3-7(8)11/h2-5,10-11H,9H2,1H3. The summed E-state index contributed by atoms with van der Waals surface area (Å²) in [4.78, 5) is 0. The predicted molar refractivity (Wildman–Crippen MR) is 44.8 cm³/mol. The molecular weight excluding hydrogens is 158 g/mol. The molecule has 0 amide bonds. The quantitative estimate of drug-likeness (QED) is 0.346. The highest BCUT2D eigenvalue weighted by Gasteiger charge is 2.04. The van der Waals surface area contributed by atoms with E-state index in [9.17, 15) is 5.11 Å². The zero-order chi connectivity index (χ0) is 9.14. The molecule has 66 valence electrons. The van der Waals surface area contributed by atoms with Crippen molar-refractivity contribution in [2.45, 2.75) is 13.2 Å². The molecule has 0 aliphatic carbocycles. The third-order valence-electron chi connectivity index (χ3n) is 1.28. The number of anilines is 1. The number of hydrogen-bond acceptors (Lipinski definition) is 4. The van der Waals surface area contributed by atoms with Crippen LogP contribution in [0.2, 0.25) is 0 Å². The lowest BCUT2D eigenvalue weighted by Gasteiger charge is -2.10. The normalized spacial score (nSPS) is 12.5. The van der Waals surface area contributed by atoms with Gasteiger partial charge in [-0.25, -0.2) is 0 Å². The second-order valence-electron chi connectivity index (χ2n) is 2.44. The van der Waals surface area contributed by atoms with Crippen LogP contribution in [0.1, 0.15) is 6.92 Å². The van der Waals surface area contributed by atoms with Crippen molar-refractivity contribution in [2.24, 2.45) is 0 Å². The van der Waals surface area contributed by atoms with Crippen molar-refractivity contribution < 1.29 is 14.9 Å². The average molecular weight is 169 g/mol. The van der Waals surface area contributed by atoms with Gasteiger partial charge in [0.05, 0.1) is 0 Å². The number of hydrogen-bond donors (Lipinski definition) is 3. The van der Waals surface area contributed by atoms with E-state index in [0.29, 0.717) is 5.69 Å². The molecule has 0 aliphatic heterocycles. The fraction of sp³-hybridized carbons (Fsp3) is 0.250. The van der Waals surface area contributed by atoms with Gasteiger partial charge in [-0.2, -0.15) is 0 Å². The molecule has 1 unspecified atom stereocenters. The van der Waals surface area contributed by atoms with Crippen molar-refractivity contribution in [1.82, 2.24) is 0 Å². The number of phenols is 1. The Morgan fingerprint density at radius 1 is 1.50 bits per heavy atom. The van der Waals surface area contributed by atoms with E-state index in [-0.39, 0.29) is 11.5 Å². The molecule has 0 fully saturated rings. The summed E-state index contributed by atoms with van der Waals surface area (Å²) in [5.41, 5.74) is 5.91. The smallest absolute Gasteiger partial charge is 0.194 e. The molecule has 0 aromatic heterocycles. The van der Waals surface area contributed by atoms with Gasteiger partial charge in [0.25, 0.3) is 0 Å². The molecule has 1 atom stereocenters. The van der Waals surface area contributed by atoms with Gasteiger partial charge in [0.2, 0.25) is 0 Å². The SMILES string of the molecule is CC(O)Oc1cc(N)ccc1O. The van der Waals surface area contributed by atoms with Crippen LogP contribution in [-0.4, -0.2) is 16.5 Å². The van der Waals surface area contributed by atoms with Gasteiger partial charge in [-0.1, -0.05) is 0 Å². The molecule has 0 spiro atoms. The Morgan fingerprint density at radius 3 is 2.75 bits per heavy atom. The van der Waals surface area contributed by atoms with E-state index < -0.39 is 6.29 Å². The van der Waals surface area contributed by atoms with E-state index in [1.54, 1.807) is 6.07 Å². The number of aromatic hydroxyl groups is 1. The first kappa shape index (κ1) is 8.67. The van der Waals surface area contributed by atoms with Crippen molar-refractivity contribution in [3.05, 3.63) is 18.2 Å². The van der Waals surface area contributed by atoms with E-state index >= 15 is 0 Å². The van der Waals surface area contributed by atoms with Crippen molar-refractivity contribution in [3.8, 4) is 11.5 Å². The fourth-order valence-corrected chi connectivity index (χ4v) is 0.809. The fourth-order valence-electron chi connectivity index (χ4n) is 0.809. The Labute approximate surface area is 70.2 Å². The topological polar surface area (TPSA) is 75.7 Å². The molecule has 0 bridgehead atoms. The number of nitrogen functional groups attached to an aromatic ring is 1. The summed E-state index contributed by atoms with van der Waals surface area (Å²) in [5, 5.41) is 18.0. The highest BCUT2D eigenvalue weighted by atomic mass is 16.6. The number of ether oxygens (including phenoxy) is 1. The Hall–Kier alpha value is -1.42. The van der Waals surface area contributed by atoms with Gasteiger partial charge < -0.3 is 20.7 Å². The third kappa shape index (κ3) is 2.03. The Balaban J connectivity index is 2.90. The second kappa shape index (κ2) is 3.32. The first-order valence-corrected chi connectivity index (χ1v) is 3.53. The minimum atomic E-state index is -0.960. The molecule has 0 radical (unpaired) electrons. The molecule has 0 saturated heterocycles. The van der Waals surface area contributed by atoms with Gasteiger partial charge in [-0.3, -0.25) is 0 Å². The molecule has 1 aromatic carbocycles. The molecule has 1 aromatic rings. The molecule has 4 heteroatoms. The van der Waals surface area contributed by atoms with Gasteiger partial charge >= 0.3 is 0 Å². The van der Waals surface area contributed by atoms with Gasteiger partial charge in [0.1, 0.15) is 0 Å². The summed E-state index contributed by atoms with van der Waals surface area (Å²) in [6.07, 6.45) is -0.960. The van der Waals surface area contributed by atoms with Crippen LogP contribution in [0, 0.1) is 0 Å². The Bertz CT molecular complexity index is 273. The summed E-state index contributed by atoms with van der Waals surface area (Å²) < 4.78 is 4.85. The van der Waals surface area contributed by atoms with Crippen LogP contribution in [0.3, 0.4) is 0 Å². The van der Waals surface area contributed by atoms with Crippen molar-refractivity contribution >= 4 is 5.69 Å². The van der Waals surface area contributed by atoms with Gasteiger partial charge in [0.15, 0.2) is 17.8 Å². The van der Waals surface area contributed by atoms with Crippen LogP contribution in [0.5, 0.6) is 11.5 Å². The van der Waals surface area contributed by atoms with Crippen molar-refractivity contribution in [1.29, 1.82) is 0 Å². The van der Waals surface area contributed by atoms with Gasteiger partial charge in [-0.05, 0) is 19.1 Å². The molecule has 0 heterocycles. The second-order valence-corrected chi connectivity index (χ2v) is 2.44. The lowest BCUT2D eigenvalue weighted by atomic mass is 10.3. The summed E-state index contributed by atoms with van der Waals surface area (Å²) in [7, 11) is 0. The first-order chi connectivity index (χ1) is 5.59. The maximum Gasteiger partial charge on any atom is 0.194 e. The summed E-state index contributed by atoms with van der Waals surface area (Å²) in [6.45, 7) is 1.45. The molecule has 0 saturated carbocycles. The van der Waals surface area contributed by atoms with E-state index in [2.05, 4.69) is 0 Å². The largest absolute Gasteiger partial charge is 0.504 e. The lowest BCUT2D eigenvalue weighted by molar-refractivity contribution is -0.00201.